The van der Waals surface area contributed by atoms with Gasteiger partial charge in [0.25, 0.3) is 0 Å². The minimum Gasteiger partial charge on any atom is -0.608 e. The first-order valence-corrected chi connectivity index (χ1v) is 13.6. The average molecular weight is 505 g/mol. The summed E-state index contributed by atoms with van der Waals surface area (Å²) < 4.78 is 33.3. The van der Waals surface area contributed by atoms with Crippen molar-refractivity contribution in [3.05, 3.63) is 45.9 Å². The summed E-state index contributed by atoms with van der Waals surface area (Å²) >= 11 is 0. The van der Waals surface area contributed by atoms with E-state index in [-0.39, 0.29) is 12.2 Å². The van der Waals surface area contributed by atoms with E-state index in [0.29, 0.717) is 38.5 Å². The van der Waals surface area contributed by atoms with Crippen molar-refractivity contribution in [3.63, 3.8) is 0 Å². The molecule has 2 aromatic rings. The smallest absolute Gasteiger partial charge is 0.436 e. The average Bonchev–Trinajstić information content (AvgIpc) is 3.60. The number of rotatable bonds is 7. The summed E-state index contributed by atoms with van der Waals surface area (Å²) in [5.41, 5.74) is 5.38. The first-order chi connectivity index (χ1) is 16.8. The van der Waals surface area contributed by atoms with E-state index in [9.17, 15) is 18.4 Å². The Labute approximate surface area is 205 Å². The molecule has 190 valence electrons. The van der Waals surface area contributed by atoms with Gasteiger partial charge in [-0.1, -0.05) is 6.07 Å². The van der Waals surface area contributed by atoms with Crippen molar-refractivity contribution in [2.45, 2.75) is 38.5 Å². The summed E-state index contributed by atoms with van der Waals surface area (Å²) in [5, 5.41) is 19.9. The highest BCUT2D eigenvalue weighted by Crippen LogP contribution is 2.38. The lowest BCUT2D eigenvalue weighted by atomic mass is 9.99. The van der Waals surface area contributed by atoms with Crippen LogP contribution in [0.3, 0.4) is 0 Å². The number of quaternary nitrogens is 1. The maximum atomic E-state index is 13.4. The quantitative estimate of drug-likeness (QED) is 0.523. The molecule has 0 bridgehead atoms. The monoisotopic (exact) mass is 504 g/mol. The normalized spacial score (nSPS) is 18.8. The Morgan fingerprint density at radius 2 is 1.83 bits per heavy atom. The summed E-state index contributed by atoms with van der Waals surface area (Å²) in [6.07, 6.45) is 8.41. The van der Waals surface area contributed by atoms with Crippen molar-refractivity contribution in [2.24, 2.45) is 7.05 Å². The standard InChI is InChI=1S/C23H32N6O5S/c1-26-16-19(15-24-26)28(9-8-27-10-12-34-13-11-27)35(32,33)29(31)23(30)25-22-20-6-2-4-17(20)14-18-5-3-7-21(18)22/h14-16,29H,2-13H2,1H3,(H,25,30). The molecule has 2 amide bonds. The van der Waals surface area contributed by atoms with Gasteiger partial charge in [0.05, 0.1) is 37.3 Å². The van der Waals surface area contributed by atoms with Crippen LogP contribution in [-0.2, 0) is 47.7 Å². The van der Waals surface area contributed by atoms with Crippen molar-refractivity contribution in [3.8, 4) is 0 Å². The number of nitrogens with one attached hydrogen (secondary N) is 2. The fourth-order valence-corrected chi connectivity index (χ4v) is 6.51. The van der Waals surface area contributed by atoms with E-state index >= 15 is 0 Å². The van der Waals surface area contributed by atoms with Crippen molar-refractivity contribution >= 4 is 27.6 Å². The Hall–Kier alpha value is -2.51. The first kappa shape index (κ1) is 24.2. The Bertz CT molecular complexity index is 1170. The molecule has 1 aliphatic heterocycles. The van der Waals surface area contributed by atoms with Gasteiger partial charge >= 0.3 is 16.2 Å². The van der Waals surface area contributed by atoms with E-state index in [1.165, 1.54) is 28.2 Å². The van der Waals surface area contributed by atoms with Crippen LogP contribution in [0.2, 0.25) is 0 Å². The summed E-state index contributed by atoms with van der Waals surface area (Å²) in [6.45, 7) is 2.95. The van der Waals surface area contributed by atoms with Crippen LogP contribution in [-0.4, -0.2) is 68.5 Å². The van der Waals surface area contributed by atoms with Gasteiger partial charge in [0.2, 0.25) is 0 Å². The molecule has 5 rings (SSSR count). The fraction of sp³-hybridized carbons (Fsp3) is 0.565. The Kier molecular flexibility index (Phi) is 6.82. The topological polar surface area (TPSA) is 124 Å². The number of nitrogens with zero attached hydrogens (tertiary/aromatic N) is 4. The van der Waals surface area contributed by atoms with E-state index in [1.807, 2.05) is 0 Å². The molecule has 3 aliphatic rings. The van der Waals surface area contributed by atoms with Crippen LogP contribution in [0.25, 0.3) is 0 Å². The molecule has 1 saturated heterocycles. The van der Waals surface area contributed by atoms with E-state index < -0.39 is 20.7 Å². The molecular formula is C23H32N6O5S. The molecule has 11 nitrogen and oxygen atoms in total. The van der Waals surface area contributed by atoms with Gasteiger partial charge < -0.3 is 9.94 Å². The SMILES string of the molecule is Cn1cc(N(CCN2CCOCC2)S(=O)(=O)[NH+]([O-])C(=O)Nc2c3c(cc4c2CCC4)CCC3)cn1. The largest absolute Gasteiger partial charge is 0.608 e. The zero-order chi connectivity index (χ0) is 24.6. The van der Waals surface area contributed by atoms with Gasteiger partial charge in [-0.05, 0) is 60.8 Å². The highest BCUT2D eigenvalue weighted by Gasteiger charge is 2.36. The Balaban J connectivity index is 1.38. The highest BCUT2D eigenvalue weighted by atomic mass is 32.2. The van der Waals surface area contributed by atoms with Crippen LogP contribution < -0.4 is 14.1 Å². The zero-order valence-electron chi connectivity index (χ0n) is 20.0. The van der Waals surface area contributed by atoms with Gasteiger partial charge in [-0.2, -0.15) is 18.0 Å². The number of urea groups is 1. The number of benzene rings is 1. The number of aryl methyl sites for hydroxylation is 3. The maximum absolute atomic E-state index is 13.4. The van der Waals surface area contributed by atoms with Crippen LogP contribution in [0.5, 0.6) is 0 Å². The molecule has 1 aromatic carbocycles. The summed E-state index contributed by atoms with van der Waals surface area (Å²) in [5.74, 6) is 0. The molecule has 0 radical (unpaired) electrons. The second-order valence-corrected chi connectivity index (χ2v) is 11.1. The number of hydroxylamine groups is 1. The van der Waals surface area contributed by atoms with E-state index in [0.717, 1.165) is 54.0 Å². The molecular weight excluding hydrogens is 472 g/mol. The molecule has 2 N–H and O–H groups in total. The minimum atomic E-state index is -4.62. The molecule has 12 heteroatoms. The number of carbonyl (C=O) groups is 1. The van der Waals surface area contributed by atoms with Gasteiger partial charge in [-0.25, -0.2) is 9.10 Å². The third kappa shape index (κ3) is 4.81. The predicted octanol–water partition coefficient (Wildman–Crippen LogP) is 0.396. The second kappa shape index (κ2) is 9.86. The Morgan fingerprint density at radius 1 is 1.17 bits per heavy atom. The molecule has 35 heavy (non-hydrogen) atoms. The number of amides is 2. The zero-order valence-corrected chi connectivity index (χ0v) is 20.8. The molecule has 2 aliphatic carbocycles. The van der Waals surface area contributed by atoms with Crippen molar-refractivity contribution < 1.29 is 22.4 Å². The molecule has 1 atom stereocenters. The number of hydrogen-bond acceptors (Lipinski definition) is 7. The summed E-state index contributed by atoms with van der Waals surface area (Å²) in [4.78, 5) is 15.2. The van der Waals surface area contributed by atoms with Crippen LogP contribution >= 0.6 is 0 Å². The van der Waals surface area contributed by atoms with Gasteiger partial charge in [-0.15, -0.1) is 0 Å². The van der Waals surface area contributed by atoms with Gasteiger partial charge in [0.15, 0.2) is 0 Å². The maximum Gasteiger partial charge on any atom is 0.436 e. The lowest BCUT2D eigenvalue weighted by Gasteiger charge is -2.31. The number of anilines is 2. The molecule has 1 unspecified atom stereocenters. The number of ether oxygens (including phenoxy) is 1. The minimum absolute atomic E-state index is 0.0309. The van der Waals surface area contributed by atoms with E-state index in [2.05, 4.69) is 21.4 Å². The third-order valence-electron chi connectivity index (χ3n) is 7.12. The number of carbonyl (C=O) groups excluding carboxylic acids is 1. The lowest BCUT2D eigenvalue weighted by Crippen LogP contribution is -3.14. The predicted molar refractivity (Wildman–Crippen MR) is 131 cm³/mol. The van der Waals surface area contributed by atoms with Gasteiger partial charge in [0, 0.05) is 32.9 Å². The van der Waals surface area contributed by atoms with Gasteiger partial charge in [0.1, 0.15) is 0 Å². The van der Waals surface area contributed by atoms with Crippen molar-refractivity contribution in [2.75, 3.05) is 49.0 Å². The summed E-state index contributed by atoms with van der Waals surface area (Å²) in [6, 6.07) is 1.11. The molecule has 1 aromatic heterocycles. The molecule has 0 saturated carbocycles. The van der Waals surface area contributed by atoms with Crippen LogP contribution in [0.1, 0.15) is 35.1 Å². The summed E-state index contributed by atoms with van der Waals surface area (Å²) in [7, 11) is -2.95. The van der Waals surface area contributed by atoms with E-state index in [4.69, 9.17) is 4.74 Å². The van der Waals surface area contributed by atoms with E-state index in [1.54, 1.807) is 7.05 Å². The fourth-order valence-electron chi connectivity index (χ4n) is 5.33. The van der Waals surface area contributed by atoms with Gasteiger partial charge in [-0.3, -0.25) is 14.9 Å². The third-order valence-corrected chi connectivity index (χ3v) is 8.75. The van der Waals surface area contributed by atoms with Crippen LogP contribution in [0.4, 0.5) is 16.2 Å². The highest BCUT2D eigenvalue weighted by molar-refractivity contribution is 7.86. The van der Waals surface area contributed by atoms with Crippen molar-refractivity contribution in [1.29, 1.82) is 0 Å². The number of fused-ring (bicyclic) bond motifs is 2. The Morgan fingerprint density at radius 3 is 2.43 bits per heavy atom. The van der Waals surface area contributed by atoms with Crippen LogP contribution in [0.15, 0.2) is 18.5 Å². The first-order valence-electron chi connectivity index (χ1n) is 12.2. The molecule has 0 spiro atoms. The van der Waals surface area contributed by atoms with Crippen molar-refractivity contribution in [1.82, 2.24) is 14.7 Å². The number of morpholine rings is 1. The number of hydrogen-bond donors (Lipinski definition) is 2. The molecule has 1 fully saturated rings. The lowest BCUT2D eigenvalue weighted by molar-refractivity contribution is -0.604. The number of aromatic nitrogens is 2. The molecule has 2 heterocycles. The second-order valence-electron chi connectivity index (χ2n) is 9.38. The van der Waals surface area contributed by atoms with Crippen LogP contribution in [0, 0.1) is 5.21 Å².